The summed E-state index contributed by atoms with van der Waals surface area (Å²) < 4.78 is 6.80. The van der Waals surface area contributed by atoms with Crippen molar-refractivity contribution >= 4 is 23.7 Å². The van der Waals surface area contributed by atoms with E-state index < -0.39 is 5.41 Å². The molecular formula is C33H44N2O3. The number of rotatable bonds is 6. The Balaban J connectivity index is 2.50. The zero-order valence-electron chi connectivity index (χ0n) is 25.2. The molecule has 1 heterocycles. The van der Waals surface area contributed by atoms with Crippen LogP contribution in [0.25, 0.3) is 11.1 Å². The minimum Gasteiger partial charge on any atom is -0.455 e. The molecule has 5 nitrogen and oxygen atoms in total. The molecule has 5 heteroatoms. The molecule has 1 aliphatic heterocycles. The maximum atomic E-state index is 12.4. The van der Waals surface area contributed by atoms with Gasteiger partial charge in [0.25, 0.3) is 0 Å². The fourth-order valence-corrected chi connectivity index (χ4v) is 4.83. The molecule has 0 amide bonds. The van der Waals surface area contributed by atoms with Crippen LogP contribution in [0, 0.1) is 0 Å². The van der Waals surface area contributed by atoms with Crippen molar-refractivity contribution in [2.24, 2.45) is 0 Å². The van der Waals surface area contributed by atoms with Crippen LogP contribution in [0.3, 0.4) is 0 Å². The van der Waals surface area contributed by atoms with Crippen molar-refractivity contribution in [2.75, 3.05) is 28.2 Å². The molecule has 0 N–H and O–H groups in total. The molecule has 38 heavy (non-hydrogen) atoms. The van der Waals surface area contributed by atoms with Crippen molar-refractivity contribution in [3.05, 3.63) is 70.0 Å². The van der Waals surface area contributed by atoms with E-state index in [9.17, 15) is 9.59 Å². The normalized spacial score (nSPS) is 15.3. The average Bonchev–Trinajstić information content (AvgIpc) is 2.78. The molecular weight excluding hydrogens is 472 g/mol. The van der Waals surface area contributed by atoms with Crippen molar-refractivity contribution in [1.82, 2.24) is 9.80 Å². The van der Waals surface area contributed by atoms with Gasteiger partial charge in [0, 0.05) is 79.4 Å². The van der Waals surface area contributed by atoms with Crippen molar-refractivity contribution < 1.29 is 14.3 Å². The zero-order chi connectivity index (χ0) is 28.8. The quantitative estimate of drug-likeness (QED) is 0.308. The fourth-order valence-electron chi connectivity index (χ4n) is 4.83. The summed E-state index contributed by atoms with van der Waals surface area (Å²) in [5.41, 5.74) is 6.20. The average molecular weight is 517 g/mol. The highest BCUT2D eigenvalue weighted by molar-refractivity contribution is 6.09. The molecule has 0 fully saturated rings. The lowest BCUT2D eigenvalue weighted by Crippen LogP contribution is -2.28. The number of aldehydes is 2. The van der Waals surface area contributed by atoms with Crippen LogP contribution in [0.2, 0.25) is 0 Å². The summed E-state index contributed by atoms with van der Waals surface area (Å²) in [4.78, 5) is 28.5. The number of benzene rings is 2. The molecule has 0 saturated carbocycles. The first-order chi connectivity index (χ1) is 17.4. The smallest absolute Gasteiger partial charge is 0.152 e. The Hall–Kier alpha value is -3.34. The number of carbonyl (C=O) groups is 2. The van der Waals surface area contributed by atoms with Crippen LogP contribution in [0.4, 0.5) is 0 Å². The maximum absolute atomic E-state index is 12.4. The summed E-state index contributed by atoms with van der Waals surface area (Å²) in [6.45, 7) is 17.5. The number of allylic oxidation sites excluding steroid dienone is 2. The van der Waals surface area contributed by atoms with Crippen molar-refractivity contribution in [3.8, 4) is 11.5 Å². The van der Waals surface area contributed by atoms with Crippen LogP contribution in [-0.2, 0) is 25.8 Å². The molecule has 0 unspecified atom stereocenters. The highest BCUT2D eigenvalue weighted by Gasteiger charge is 2.40. The second-order valence-corrected chi connectivity index (χ2v) is 13.4. The Bertz CT molecular complexity index is 1210. The minimum atomic E-state index is -0.451. The molecule has 0 radical (unpaired) electrons. The van der Waals surface area contributed by atoms with Crippen molar-refractivity contribution in [3.63, 3.8) is 0 Å². The van der Waals surface area contributed by atoms with Gasteiger partial charge in [-0.05, 0) is 34.1 Å². The predicted molar refractivity (Wildman–Crippen MR) is 158 cm³/mol. The van der Waals surface area contributed by atoms with E-state index in [0.29, 0.717) is 22.6 Å². The van der Waals surface area contributed by atoms with Crippen molar-refractivity contribution in [1.29, 1.82) is 0 Å². The van der Waals surface area contributed by atoms with Gasteiger partial charge < -0.3 is 14.5 Å². The molecule has 0 bridgehead atoms. The number of hydrogen-bond donors (Lipinski definition) is 0. The van der Waals surface area contributed by atoms with E-state index in [-0.39, 0.29) is 10.8 Å². The van der Waals surface area contributed by atoms with E-state index in [1.807, 2.05) is 50.4 Å². The summed E-state index contributed by atoms with van der Waals surface area (Å²) in [6, 6.07) is 8.59. The van der Waals surface area contributed by atoms with E-state index in [4.69, 9.17) is 4.74 Å². The SMILES string of the molecule is CN(C)/C=C(\C=O)c1cc(C(C)(C)C)cc2c1Oc1c(/C(C=O)=C\N(C)C)cc(C(C)(C)C)cc1C2(C)C. The summed E-state index contributed by atoms with van der Waals surface area (Å²) in [7, 11) is 7.60. The zero-order valence-corrected chi connectivity index (χ0v) is 25.2. The lowest BCUT2D eigenvalue weighted by molar-refractivity contribution is -0.104. The number of hydrogen-bond acceptors (Lipinski definition) is 5. The van der Waals surface area contributed by atoms with Crippen LogP contribution in [0.15, 0.2) is 36.7 Å². The lowest BCUT2D eigenvalue weighted by Gasteiger charge is -2.39. The highest BCUT2D eigenvalue weighted by Crippen LogP contribution is 2.54. The Morgan fingerprint density at radius 2 is 1.03 bits per heavy atom. The first-order valence-corrected chi connectivity index (χ1v) is 13.1. The van der Waals surface area contributed by atoms with Gasteiger partial charge in [-0.3, -0.25) is 9.59 Å². The third kappa shape index (κ3) is 5.57. The van der Waals surface area contributed by atoms with Gasteiger partial charge in [0.2, 0.25) is 0 Å². The summed E-state index contributed by atoms with van der Waals surface area (Å²) >= 11 is 0. The molecule has 0 aliphatic carbocycles. The first kappa shape index (κ1) is 29.2. The second-order valence-electron chi connectivity index (χ2n) is 13.4. The monoisotopic (exact) mass is 516 g/mol. The van der Waals surface area contributed by atoms with Crippen LogP contribution in [-0.4, -0.2) is 50.6 Å². The molecule has 0 saturated heterocycles. The number of nitrogens with zero attached hydrogens (tertiary/aromatic N) is 2. The van der Waals surface area contributed by atoms with E-state index >= 15 is 0 Å². The topological polar surface area (TPSA) is 49.9 Å². The van der Waals surface area contributed by atoms with E-state index in [2.05, 4.69) is 79.7 Å². The van der Waals surface area contributed by atoms with Gasteiger partial charge in [0.15, 0.2) is 12.6 Å². The summed E-state index contributed by atoms with van der Waals surface area (Å²) in [5, 5.41) is 0. The third-order valence-electron chi connectivity index (χ3n) is 7.13. The molecule has 2 aromatic rings. The van der Waals surface area contributed by atoms with Gasteiger partial charge in [-0.1, -0.05) is 67.5 Å². The lowest BCUT2D eigenvalue weighted by atomic mass is 9.70. The molecule has 1 aliphatic rings. The van der Waals surface area contributed by atoms with Gasteiger partial charge in [0.1, 0.15) is 11.5 Å². The molecule has 0 atom stereocenters. The molecule has 0 spiro atoms. The largest absolute Gasteiger partial charge is 0.455 e. The standard InChI is InChI=1S/C33H44N2O3/c1-31(2,3)23-13-25(21(19-36)17-34(9)10)29-27(15-23)33(7,8)28-16-24(32(4,5)6)14-26(30(28)38-29)22(20-37)18-35(11)12/h13-20H,1-12H3/b21-17-,22-18+. The van der Waals surface area contributed by atoms with Crippen molar-refractivity contribution in [2.45, 2.75) is 71.6 Å². The third-order valence-corrected chi connectivity index (χ3v) is 7.13. The van der Waals surface area contributed by atoms with Gasteiger partial charge in [0.05, 0.1) is 0 Å². The summed E-state index contributed by atoms with van der Waals surface area (Å²) in [5.74, 6) is 1.33. The molecule has 204 valence electrons. The van der Waals surface area contributed by atoms with Crippen LogP contribution >= 0.6 is 0 Å². The van der Waals surface area contributed by atoms with Gasteiger partial charge in [-0.25, -0.2) is 0 Å². The number of ether oxygens (including phenoxy) is 1. The van der Waals surface area contributed by atoms with Crippen LogP contribution in [0.5, 0.6) is 11.5 Å². The fraction of sp³-hybridized carbons (Fsp3) is 0.455. The second kappa shape index (κ2) is 10.1. The van der Waals surface area contributed by atoms with E-state index in [1.165, 1.54) is 0 Å². The van der Waals surface area contributed by atoms with Crippen LogP contribution < -0.4 is 4.74 Å². The van der Waals surface area contributed by atoms with Crippen LogP contribution in [0.1, 0.15) is 88.8 Å². The number of carbonyl (C=O) groups excluding carboxylic acids is 2. The minimum absolute atomic E-state index is 0.135. The Kier molecular flexibility index (Phi) is 7.76. The van der Waals surface area contributed by atoms with Gasteiger partial charge in [-0.15, -0.1) is 0 Å². The van der Waals surface area contributed by atoms with E-state index in [0.717, 1.165) is 46.0 Å². The predicted octanol–water partition coefficient (Wildman–Crippen LogP) is 6.92. The van der Waals surface area contributed by atoms with Gasteiger partial charge in [-0.2, -0.15) is 0 Å². The van der Waals surface area contributed by atoms with E-state index in [1.54, 1.807) is 0 Å². The maximum Gasteiger partial charge on any atom is 0.152 e. The highest BCUT2D eigenvalue weighted by atomic mass is 16.5. The molecule has 2 aromatic carbocycles. The molecule has 0 aromatic heterocycles. The number of fused-ring (bicyclic) bond motifs is 2. The Morgan fingerprint density at radius 3 is 1.29 bits per heavy atom. The Morgan fingerprint density at radius 1 is 0.684 bits per heavy atom. The van der Waals surface area contributed by atoms with Gasteiger partial charge >= 0.3 is 0 Å². The first-order valence-electron chi connectivity index (χ1n) is 13.1. The molecule has 3 rings (SSSR count). The Labute approximate surface area is 229 Å². The summed E-state index contributed by atoms with van der Waals surface area (Å²) in [6.07, 6.45) is 5.43.